The van der Waals surface area contributed by atoms with E-state index in [1.807, 2.05) is 0 Å². The van der Waals surface area contributed by atoms with Gasteiger partial charge in [0, 0.05) is 11.6 Å². The van der Waals surface area contributed by atoms with E-state index in [1.54, 1.807) is 6.07 Å². The van der Waals surface area contributed by atoms with Crippen molar-refractivity contribution in [3.05, 3.63) is 51.9 Å². The van der Waals surface area contributed by atoms with Gasteiger partial charge >= 0.3 is 0 Å². The number of benzene rings is 1. The fourth-order valence-corrected chi connectivity index (χ4v) is 1.92. The van der Waals surface area contributed by atoms with Gasteiger partial charge in [0.15, 0.2) is 11.6 Å². The molecule has 0 aliphatic heterocycles. The molecular weight excluding hydrogens is 274 g/mol. The first-order valence-electron chi connectivity index (χ1n) is 4.46. The fourth-order valence-electron chi connectivity index (χ4n) is 1.34. The predicted molar refractivity (Wildman–Crippen MR) is 59.6 cm³/mol. The molecule has 1 heterocycles. The van der Waals surface area contributed by atoms with Crippen molar-refractivity contribution in [3.8, 4) is 11.3 Å². The average Bonchev–Trinajstić information content (AvgIpc) is 2.25. The number of hydrogen-bond donors (Lipinski definition) is 0. The highest BCUT2D eigenvalue weighted by Crippen LogP contribution is 2.35. The maximum absolute atomic E-state index is 13.5. The van der Waals surface area contributed by atoms with Crippen molar-refractivity contribution in [1.82, 2.24) is 4.98 Å². The monoisotopic (exact) mass is 277 g/mol. The van der Waals surface area contributed by atoms with Gasteiger partial charge in [0.25, 0.3) is 0 Å². The van der Waals surface area contributed by atoms with Gasteiger partial charge in [0.1, 0.15) is 5.69 Å². The van der Waals surface area contributed by atoms with Gasteiger partial charge in [-0.1, -0.05) is 29.3 Å². The normalized spacial score (nSPS) is 10.6. The lowest BCUT2D eigenvalue weighted by Gasteiger charge is -2.07. The van der Waals surface area contributed by atoms with Gasteiger partial charge in [-0.3, -0.25) is 0 Å². The van der Waals surface area contributed by atoms with E-state index in [4.69, 9.17) is 23.2 Å². The first-order chi connectivity index (χ1) is 8.00. The summed E-state index contributed by atoms with van der Waals surface area (Å²) in [5.74, 6) is -3.80. The predicted octanol–water partition coefficient (Wildman–Crippen LogP) is 4.47. The molecule has 0 atom stereocenters. The van der Waals surface area contributed by atoms with Gasteiger partial charge in [-0.2, -0.15) is 4.39 Å². The highest BCUT2D eigenvalue weighted by molar-refractivity contribution is 6.39. The Kier molecular flexibility index (Phi) is 3.26. The highest BCUT2D eigenvalue weighted by atomic mass is 35.5. The molecule has 0 aliphatic carbocycles. The largest absolute Gasteiger partial charge is 0.249 e. The van der Waals surface area contributed by atoms with Crippen LogP contribution in [0.2, 0.25) is 10.0 Å². The molecule has 1 aromatic carbocycles. The quantitative estimate of drug-likeness (QED) is 0.701. The number of halogens is 5. The molecule has 0 fully saturated rings. The van der Waals surface area contributed by atoms with E-state index in [1.165, 1.54) is 12.1 Å². The van der Waals surface area contributed by atoms with E-state index >= 15 is 0 Å². The van der Waals surface area contributed by atoms with Gasteiger partial charge < -0.3 is 0 Å². The van der Waals surface area contributed by atoms with Crippen LogP contribution in [0.1, 0.15) is 0 Å². The van der Waals surface area contributed by atoms with E-state index in [2.05, 4.69) is 4.98 Å². The topological polar surface area (TPSA) is 12.9 Å². The third-order valence-corrected chi connectivity index (χ3v) is 2.72. The Morgan fingerprint density at radius 2 is 1.53 bits per heavy atom. The molecule has 0 unspecified atom stereocenters. The molecule has 2 rings (SSSR count). The summed E-state index contributed by atoms with van der Waals surface area (Å²) in [4.78, 5) is 3.18. The van der Waals surface area contributed by atoms with E-state index in [0.717, 1.165) is 0 Å². The van der Waals surface area contributed by atoms with E-state index in [0.29, 0.717) is 6.07 Å². The molecule has 0 radical (unpaired) electrons. The van der Waals surface area contributed by atoms with Crippen molar-refractivity contribution < 1.29 is 13.2 Å². The first kappa shape index (κ1) is 12.2. The minimum absolute atomic E-state index is 0.0345. The summed E-state index contributed by atoms with van der Waals surface area (Å²) in [6, 6.07) is 4.85. The second-order valence-corrected chi connectivity index (χ2v) is 4.00. The Balaban J connectivity index is 2.73. The van der Waals surface area contributed by atoms with Gasteiger partial charge in [-0.05, 0) is 12.1 Å². The molecule has 0 spiro atoms. The summed E-state index contributed by atoms with van der Waals surface area (Å²) < 4.78 is 39.2. The van der Waals surface area contributed by atoms with Gasteiger partial charge in [0.2, 0.25) is 5.95 Å². The lowest BCUT2D eigenvalue weighted by Crippen LogP contribution is -1.98. The molecule has 1 nitrogen and oxygen atoms in total. The number of pyridine rings is 1. The molecule has 0 saturated carbocycles. The molecule has 0 bridgehead atoms. The fraction of sp³-hybridized carbons (Fsp3) is 0. The molecule has 1 aromatic heterocycles. The number of hydrogen-bond acceptors (Lipinski definition) is 1. The zero-order chi connectivity index (χ0) is 12.6. The van der Waals surface area contributed by atoms with Crippen LogP contribution in [-0.2, 0) is 0 Å². The summed E-state index contributed by atoms with van der Waals surface area (Å²) in [6.45, 7) is 0. The molecule has 0 aliphatic rings. The maximum atomic E-state index is 13.5. The molecule has 2 aromatic rings. The van der Waals surface area contributed by atoms with Crippen molar-refractivity contribution in [3.63, 3.8) is 0 Å². The summed E-state index contributed by atoms with van der Waals surface area (Å²) in [6.07, 6.45) is 0. The maximum Gasteiger partial charge on any atom is 0.249 e. The average molecular weight is 278 g/mol. The molecule has 0 saturated heterocycles. The Morgan fingerprint density at radius 1 is 0.941 bits per heavy atom. The minimum atomic E-state index is -1.41. The number of aromatic nitrogens is 1. The van der Waals surface area contributed by atoms with Crippen molar-refractivity contribution in [2.45, 2.75) is 0 Å². The second kappa shape index (κ2) is 4.55. The van der Waals surface area contributed by atoms with Crippen LogP contribution in [0, 0.1) is 17.6 Å². The smallest absolute Gasteiger partial charge is 0.214 e. The van der Waals surface area contributed by atoms with Gasteiger partial charge in [-0.25, -0.2) is 13.8 Å². The Bertz CT molecular complexity index is 567. The third kappa shape index (κ3) is 2.23. The molecule has 0 N–H and O–H groups in total. The van der Waals surface area contributed by atoms with Crippen LogP contribution in [0.25, 0.3) is 11.3 Å². The number of rotatable bonds is 1. The summed E-state index contributed by atoms with van der Waals surface area (Å²) in [5, 5.41) is 0.213. The van der Waals surface area contributed by atoms with Crippen molar-refractivity contribution >= 4 is 23.2 Å². The standard InChI is InChI=1S/C11H4Cl2F3N/c12-5-2-1-3-6(13)9(5)10-7(14)4-8(15)11(16)17-10/h1-4H. The zero-order valence-corrected chi connectivity index (χ0v) is 9.66. The van der Waals surface area contributed by atoms with Crippen molar-refractivity contribution in [1.29, 1.82) is 0 Å². The van der Waals surface area contributed by atoms with Crippen LogP contribution >= 0.6 is 23.2 Å². The van der Waals surface area contributed by atoms with Crippen molar-refractivity contribution in [2.24, 2.45) is 0 Å². The first-order valence-corrected chi connectivity index (χ1v) is 5.22. The molecular formula is C11H4Cl2F3N. The van der Waals surface area contributed by atoms with Crippen LogP contribution in [0.3, 0.4) is 0 Å². The summed E-state index contributed by atoms with van der Waals surface area (Å²) in [5.41, 5.74) is -0.383. The Hall–Kier alpha value is -1.26. The summed E-state index contributed by atoms with van der Waals surface area (Å²) in [7, 11) is 0. The summed E-state index contributed by atoms with van der Waals surface area (Å²) >= 11 is 11.6. The Labute approximate surface area is 105 Å². The molecule has 0 amide bonds. The van der Waals surface area contributed by atoms with E-state index in [9.17, 15) is 13.2 Å². The molecule has 17 heavy (non-hydrogen) atoms. The van der Waals surface area contributed by atoms with Crippen LogP contribution in [0.4, 0.5) is 13.2 Å². The van der Waals surface area contributed by atoms with E-state index < -0.39 is 23.3 Å². The van der Waals surface area contributed by atoms with E-state index in [-0.39, 0.29) is 15.6 Å². The molecule has 88 valence electrons. The van der Waals surface area contributed by atoms with Gasteiger partial charge in [-0.15, -0.1) is 0 Å². The highest BCUT2D eigenvalue weighted by Gasteiger charge is 2.17. The van der Waals surface area contributed by atoms with Crippen LogP contribution < -0.4 is 0 Å². The Morgan fingerprint density at radius 3 is 2.12 bits per heavy atom. The van der Waals surface area contributed by atoms with Gasteiger partial charge in [0.05, 0.1) is 10.0 Å². The van der Waals surface area contributed by atoms with Crippen LogP contribution in [0.5, 0.6) is 0 Å². The van der Waals surface area contributed by atoms with Crippen LogP contribution in [-0.4, -0.2) is 4.98 Å². The van der Waals surface area contributed by atoms with Crippen molar-refractivity contribution in [2.75, 3.05) is 0 Å². The second-order valence-electron chi connectivity index (χ2n) is 3.19. The lowest BCUT2D eigenvalue weighted by atomic mass is 10.1. The molecule has 6 heteroatoms. The number of nitrogens with zero attached hydrogens (tertiary/aromatic N) is 1. The lowest BCUT2D eigenvalue weighted by molar-refractivity contribution is 0.466. The zero-order valence-electron chi connectivity index (χ0n) is 8.15. The minimum Gasteiger partial charge on any atom is -0.214 e. The SMILES string of the molecule is Fc1cc(F)c(-c2c(Cl)cccc2Cl)nc1F. The van der Waals surface area contributed by atoms with Crippen LogP contribution in [0.15, 0.2) is 24.3 Å². The third-order valence-electron chi connectivity index (χ3n) is 2.09.